The molecule has 2 fully saturated rings. The maximum Gasteiger partial charge on any atom is 0.0130 e. The standard InChI is InChI=1S/C11H21N/c1-11(2,3)9-7-8-5-6-10(9)12(8)4/h8-10H,5-7H2,1-4H3. The molecule has 0 amide bonds. The van der Waals surface area contributed by atoms with Crippen molar-refractivity contribution in [3.63, 3.8) is 0 Å². The van der Waals surface area contributed by atoms with Crippen LogP contribution in [0, 0.1) is 11.3 Å². The summed E-state index contributed by atoms with van der Waals surface area (Å²) in [6, 6.07) is 1.81. The highest BCUT2D eigenvalue weighted by Gasteiger charge is 2.47. The summed E-state index contributed by atoms with van der Waals surface area (Å²) < 4.78 is 0. The van der Waals surface area contributed by atoms with Crippen molar-refractivity contribution in [1.82, 2.24) is 4.90 Å². The first-order valence-electron chi connectivity index (χ1n) is 5.22. The molecule has 1 heteroatoms. The molecule has 12 heavy (non-hydrogen) atoms. The predicted octanol–water partition coefficient (Wildman–Crippen LogP) is 2.52. The van der Waals surface area contributed by atoms with Crippen molar-refractivity contribution < 1.29 is 0 Å². The molecule has 0 aromatic carbocycles. The van der Waals surface area contributed by atoms with Crippen molar-refractivity contribution in [2.24, 2.45) is 11.3 Å². The van der Waals surface area contributed by atoms with Gasteiger partial charge in [0.15, 0.2) is 0 Å². The Kier molecular flexibility index (Phi) is 1.76. The highest BCUT2D eigenvalue weighted by molar-refractivity contribution is 5.01. The second kappa shape index (κ2) is 2.47. The smallest absolute Gasteiger partial charge is 0.0130 e. The molecule has 0 spiro atoms. The molecule has 1 nitrogen and oxygen atoms in total. The molecule has 0 N–H and O–H groups in total. The van der Waals surface area contributed by atoms with Crippen molar-refractivity contribution in [1.29, 1.82) is 0 Å². The zero-order chi connectivity index (χ0) is 8.93. The minimum Gasteiger partial charge on any atom is -0.300 e. The molecular formula is C11H21N. The van der Waals surface area contributed by atoms with Gasteiger partial charge in [0.1, 0.15) is 0 Å². The van der Waals surface area contributed by atoms with E-state index in [-0.39, 0.29) is 0 Å². The van der Waals surface area contributed by atoms with E-state index in [1.807, 2.05) is 0 Å². The Bertz CT molecular complexity index is 180. The van der Waals surface area contributed by atoms with Crippen LogP contribution in [0.3, 0.4) is 0 Å². The zero-order valence-corrected chi connectivity index (χ0v) is 8.80. The highest BCUT2D eigenvalue weighted by Crippen LogP contribution is 2.47. The van der Waals surface area contributed by atoms with E-state index in [1.54, 1.807) is 0 Å². The van der Waals surface area contributed by atoms with Crippen LogP contribution in [0.4, 0.5) is 0 Å². The Morgan fingerprint density at radius 1 is 1.17 bits per heavy atom. The average molecular weight is 167 g/mol. The zero-order valence-electron chi connectivity index (χ0n) is 8.80. The molecule has 2 rings (SSSR count). The lowest BCUT2D eigenvalue weighted by atomic mass is 9.72. The van der Waals surface area contributed by atoms with Gasteiger partial charge in [0.25, 0.3) is 0 Å². The van der Waals surface area contributed by atoms with Gasteiger partial charge in [-0.2, -0.15) is 0 Å². The summed E-state index contributed by atoms with van der Waals surface area (Å²) >= 11 is 0. The third kappa shape index (κ3) is 1.10. The fraction of sp³-hybridized carbons (Fsp3) is 1.00. The normalized spacial score (nSPS) is 42.5. The minimum absolute atomic E-state index is 0.522. The maximum atomic E-state index is 2.62. The lowest BCUT2D eigenvalue weighted by Gasteiger charge is -2.33. The second-order valence-corrected chi connectivity index (χ2v) is 5.67. The molecule has 0 aliphatic carbocycles. The van der Waals surface area contributed by atoms with E-state index in [4.69, 9.17) is 0 Å². The summed E-state index contributed by atoms with van der Waals surface area (Å²) in [6.07, 6.45) is 4.35. The van der Waals surface area contributed by atoms with Crippen LogP contribution < -0.4 is 0 Å². The third-order valence-corrected chi connectivity index (χ3v) is 4.00. The minimum atomic E-state index is 0.522. The molecule has 2 saturated heterocycles. The quantitative estimate of drug-likeness (QED) is 0.536. The van der Waals surface area contributed by atoms with E-state index in [1.165, 1.54) is 19.3 Å². The third-order valence-electron chi connectivity index (χ3n) is 4.00. The molecule has 3 atom stereocenters. The van der Waals surface area contributed by atoms with Crippen LogP contribution >= 0.6 is 0 Å². The molecule has 2 heterocycles. The summed E-state index contributed by atoms with van der Waals surface area (Å²) in [5.74, 6) is 0.946. The van der Waals surface area contributed by atoms with E-state index >= 15 is 0 Å². The van der Waals surface area contributed by atoms with Gasteiger partial charge < -0.3 is 4.90 Å². The Morgan fingerprint density at radius 3 is 2.08 bits per heavy atom. The molecular weight excluding hydrogens is 146 g/mol. The van der Waals surface area contributed by atoms with Crippen molar-refractivity contribution in [3.05, 3.63) is 0 Å². The van der Waals surface area contributed by atoms with E-state index in [2.05, 4.69) is 32.7 Å². The fourth-order valence-corrected chi connectivity index (χ4v) is 3.19. The number of fused-ring (bicyclic) bond motifs is 2. The van der Waals surface area contributed by atoms with E-state index < -0.39 is 0 Å². The summed E-state index contributed by atoms with van der Waals surface area (Å²) in [5, 5.41) is 0. The first-order chi connectivity index (χ1) is 5.50. The van der Waals surface area contributed by atoms with Crippen LogP contribution in [-0.2, 0) is 0 Å². The van der Waals surface area contributed by atoms with Crippen molar-refractivity contribution >= 4 is 0 Å². The van der Waals surface area contributed by atoms with Gasteiger partial charge in [-0.05, 0) is 37.6 Å². The molecule has 3 unspecified atom stereocenters. The van der Waals surface area contributed by atoms with Gasteiger partial charge >= 0.3 is 0 Å². The predicted molar refractivity (Wildman–Crippen MR) is 52.1 cm³/mol. The maximum absolute atomic E-state index is 2.62. The number of hydrogen-bond acceptors (Lipinski definition) is 1. The van der Waals surface area contributed by atoms with Crippen molar-refractivity contribution in [3.8, 4) is 0 Å². The van der Waals surface area contributed by atoms with Gasteiger partial charge in [0.2, 0.25) is 0 Å². The number of rotatable bonds is 0. The number of hydrogen-bond donors (Lipinski definition) is 0. The highest BCUT2D eigenvalue weighted by atomic mass is 15.2. The first kappa shape index (κ1) is 8.55. The molecule has 2 aliphatic heterocycles. The first-order valence-corrected chi connectivity index (χ1v) is 5.22. The van der Waals surface area contributed by atoms with Crippen LogP contribution in [0.15, 0.2) is 0 Å². The lowest BCUT2D eigenvalue weighted by Crippen LogP contribution is -2.33. The summed E-state index contributed by atoms with van der Waals surface area (Å²) in [7, 11) is 2.31. The van der Waals surface area contributed by atoms with Crippen LogP contribution in [0.1, 0.15) is 40.0 Å². The van der Waals surface area contributed by atoms with Crippen molar-refractivity contribution in [2.75, 3.05) is 7.05 Å². The summed E-state index contributed by atoms with van der Waals surface area (Å²) in [6.45, 7) is 7.19. The SMILES string of the molecule is CN1C2CCC1C(C(C)(C)C)C2. The van der Waals surface area contributed by atoms with Gasteiger partial charge in [-0.1, -0.05) is 20.8 Å². The second-order valence-electron chi connectivity index (χ2n) is 5.67. The molecule has 0 radical (unpaired) electrons. The van der Waals surface area contributed by atoms with Crippen molar-refractivity contribution in [2.45, 2.75) is 52.1 Å². The lowest BCUT2D eigenvalue weighted by molar-refractivity contribution is 0.175. The van der Waals surface area contributed by atoms with Gasteiger partial charge in [0, 0.05) is 12.1 Å². The van der Waals surface area contributed by atoms with Gasteiger partial charge in [-0.25, -0.2) is 0 Å². The molecule has 2 bridgehead atoms. The topological polar surface area (TPSA) is 3.24 Å². The van der Waals surface area contributed by atoms with E-state index in [0.717, 1.165) is 18.0 Å². The van der Waals surface area contributed by atoms with Gasteiger partial charge in [-0.15, -0.1) is 0 Å². The summed E-state index contributed by atoms with van der Waals surface area (Å²) in [4.78, 5) is 2.62. The Balaban J connectivity index is 2.14. The fourth-order valence-electron chi connectivity index (χ4n) is 3.19. The van der Waals surface area contributed by atoms with Gasteiger partial charge in [0.05, 0.1) is 0 Å². The molecule has 0 aromatic heterocycles. The van der Waals surface area contributed by atoms with Crippen LogP contribution in [0.5, 0.6) is 0 Å². The Morgan fingerprint density at radius 2 is 1.83 bits per heavy atom. The molecule has 70 valence electrons. The van der Waals surface area contributed by atoms with Crippen LogP contribution in [0.25, 0.3) is 0 Å². The van der Waals surface area contributed by atoms with Gasteiger partial charge in [-0.3, -0.25) is 0 Å². The molecule has 0 saturated carbocycles. The van der Waals surface area contributed by atoms with E-state index in [9.17, 15) is 0 Å². The van der Waals surface area contributed by atoms with Crippen LogP contribution in [-0.4, -0.2) is 24.0 Å². The average Bonchev–Trinajstić information content (AvgIpc) is 2.45. The summed E-state index contributed by atoms with van der Waals surface area (Å²) in [5.41, 5.74) is 0.522. The monoisotopic (exact) mass is 167 g/mol. The number of nitrogens with zero attached hydrogens (tertiary/aromatic N) is 1. The van der Waals surface area contributed by atoms with Crippen LogP contribution in [0.2, 0.25) is 0 Å². The Hall–Kier alpha value is -0.0400. The van der Waals surface area contributed by atoms with E-state index in [0.29, 0.717) is 5.41 Å². The molecule has 2 aliphatic rings. The largest absolute Gasteiger partial charge is 0.300 e. The molecule has 0 aromatic rings. The Labute approximate surface area is 76.1 Å².